The van der Waals surface area contributed by atoms with Gasteiger partial charge in [0.2, 0.25) is 0 Å². The Morgan fingerprint density at radius 2 is 1.61 bits per heavy atom. The molecule has 0 bridgehead atoms. The summed E-state index contributed by atoms with van der Waals surface area (Å²) in [6.07, 6.45) is 1.78. The van der Waals surface area contributed by atoms with E-state index in [1.54, 1.807) is 18.9 Å². The predicted octanol–water partition coefficient (Wildman–Crippen LogP) is 1.08. The van der Waals surface area contributed by atoms with Crippen molar-refractivity contribution in [3.8, 4) is 5.75 Å². The second kappa shape index (κ2) is 13.6. The van der Waals surface area contributed by atoms with Gasteiger partial charge in [0.05, 0.1) is 7.11 Å². The van der Waals surface area contributed by atoms with Gasteiger partial charge >= 0.3 is 0 Å². The molecule has 0 saturated carbocycles. The van der Waals surface area contributed by atoms with Crippen molar-refractivity contribution in [3.63, 3.8) is 0 Å². The summed E-state index contributed by atoms with van der Waals surface area (Å²) in [6.45, 7) is 7.88. The lowest BCUT2D eigenvalue weighted by atomic mass is 10.1. The zero-order chi connectivity index (χ0) is 22.9. The highest BCUT2D eigenvalue weighted by atomic mass is 32.2. The first-order valence-corrected chi connectivity index (χ1v) is 12.2. The molecule has 6 N–H and O–H groups in total. The SMILES string of the molecule is COc1ccccc1Cc1c(N)nc(SCCN2CCN(CCCN(C)C)CC2)nc1N.O. The largest absolute Gasteiger partial charge is 0.496 e. The van der Waals surface area contributed by atoms with Gasteiger partial charge in [0.15, 0.2) is 5.16 Å². The van der Waals surface area contributed by atoms with E-state index >= 15 is 0 Å². The van der Waals surface area contributed by atoms with Crippen molar-refractivity contribution in [1.29, 1.82) is 0 Å². The van der Waals surface area contributed by atoms with Gasteiger partial charge in [-0.2, -0.15) is 0 Å². The summed E-state index contributed by atoms with van der Waals surface area (Å²) in [7, 11) is 5.93. The van der Waals surface area contributed by atoms with Gasteiger partial charge in [-0.05, 0) is 45.2 Å². The highest BCUT2D eigenvalue weighted by molar-refractivity contribution is 7.99. The first-order chi connectivity index (χ1) is 15.5. The summed E-state index contributed by atoms with van der Waals surface area (Å²) < 4.78 is 5.43. The van der Waals surface area contributed by atoms with E-state index in [9.17, 15) is 0 Å². The van der Waals surface area contributed by atoms with Crippen molar-refractivity contribution in [2.75, 3.05) is 84.2 Å². The normalized spacial score (nSPS) is 14.9. The molecule has 10 heteroatoms. The number of anilines is 2. The summed E-state index contributed by atoms with van der Waals surface area (Å²) in [5.41, 5.74) is 14.3. The minimum absolute atomic E-state index is 0. The van der Waals surface area contributed by atoms with Crippen LogP contribution in [0.25, 0.3) is 0 Å². The van der Waals surface area contributed by atoms with E-state index in [-0.39, 0.29) is 5.48 Å². The van der Waals surface area contributed by atoms with Crippen LogP contribution >= 0.6 is 11.8 Å². The molecule has 0 spiro atoms. The summed E-state index contributed by atoms with van der Waals surface area (Å²) in [6, 6.07) is 7.84. The zero-order valence-corrected chi connectivity index (χ0v) is 20.9. The van der Waals surface area contributed by atoms with Crippen LogP contribution in [0.4, 0.5) is 11.6 Å². The van der Waals surface area contributed by atoms with E-state index in [1.165, 1.54) is 13.0 Å². The third-order valence-electron chi connectivity index (χ3n) is 5.79. The number of benzene rings is 1. The number of ether oxygens (including phenoxy) is 1. The number of aromatic nitrogens is 2. The molecule has 0 amide bonds. The standard InChI is InChI=1S/C23H37N7OS.H2O/c1-28(2)9-6-10-29-11-13-30(14-12-29)15-16-32-23-26-21(24)19(22(25)27-23)17-18-7-4-5-8-20(18)31-3;/h4-5,7-8H,6,9-17H2,1-3H3,(H4,24,25,26,27);1H2. The molecule has 1 aromatic carbocycles. The maximum absolute atomic E-state index is 6.25. The molecule has 33 heavy (non-hydrogen) atoms. The van der Waals surface area contributed by atoms with E-state index < -0.39 is 0 Å². The Balaban J connectivity index is 0.00000385. The molecule has 3 rings (SSSR count). The molecule has 1 saturated heterocycles. The predicted molar refractivity (Wildman–Crippen MR) is 137 cm³/mol. The number of hydrogen-bond acceptors (Lipinski definition) is 9. The Morgan fingerprint density at radius 1 is 1.00 bits per heavy atom. The maximum atomic E-state index is 6.25. The van der Waals surface area contributed by atoms with Gasteiger partial charge < -0.3 is 31.5 Å². The van der Waals surface area contributed by atoms with Crippen LogP contribution in [0.2, 0.25) is 0 Å². The van der Waals surface area contributed by atoms with Crippen molar-refractivity contribution in [3.05, 3.63) is 35.4 Å². The lowest BCUT2D eigenvalue weighted by Gasteiger charge is -2.34. The second-order valence-corrected chi connectivity index (χ2v) is 9.49. The Bertz CT molecular complexity index is 837. The third kappa shape index (κ3) is 8.31. The van der Waals surface area contributed by atoms with Crippen LogP contribution in [-0.4, -0.2) is 103 Å². The smallest absolute Gasteiger partial charge is 0.191 e. The second-order valence-electron chi connectivity index (χ2n) is 8.43. The van der Waals surface area contributed by atoms with E-state index in [2.05, 4.69) is 38.8 Å². The summed E-state index contributed by atoms with van der Waals surface area (Å²) >= 11 is 1.62. The molecule has 0 radical (unpaired) electrons. The number of hydrogen-bond donors (Lipinski definition) is 2. The number of nitrogen functional groups attached to an aromatic ring is 2. The van der Waals surface area contributed by atoms with Gasteiger partial charge in [0, 0.05) is 50.5 Å². The van der Waals surface area contributed by atoms with Gasteiger partial charge in [0.25, 0.3) is 0 Å². The minimum Gasteiger partial charge on any atom is -0.496 e. The molecule has 0 unspecified atom stereocenters. The van der Waals surface area contributed by atoms with Crippen molar-refractivity contribution in [1.82, 2.24) is 24.7 Å². The van der Waals surface area contributed by atoms with Crippen LogP contribution in [0.5, 0.6) is 5.75 Å². The number of thioether (sulfide) groups is 1. The number of nitrogens with two attached hydrogens (primary N) is 2. The summed E-state index contributed by atoms with van der Waals surface area (Å²) in [5, 5.41) is 0.645. The molecule has 9 nitrogen and oxygen atoms in total. The minimum atomic E-state index is 0. The fourth-order valence-electron chi connectivity index (χ4n) is 3.90. The highest BCUT2D eigenvalue weighted by Gasteiger charge is 2.17. The summed E-state index contributed by atoms with van der Waals surface area (Å²) in [4.78, 5) is 16.3. The number of para-hydroxylation sites is 1. The van der Waals surface area contributed by atoms with Crippen molar-refractivity contribution in [2.24, 2.45) is 0 Å². The Morgan fingerprint density at radius 3 is 2.21 bits per heavy atom. The van der Waals surface area contributed by atoms with Gasteiger partial charge in [-0.15, -0.1) is 0 Å². The summed E-state index contributed by atoms with van der Waals surface area (Å²) in [5.74, 6) is 2.61. The van der Waals surface area contributed by atoms with Crippen LogP contribution in [-0.2, 0) is 6.42 Å². The molecule has 0 atom stereocenters. The number of rotatable bonds is 11. The molecule has 2 heterocycles. The first-order valence-electron chi connectivity index (χ1n) is 11.2. The van der Waals surface area contributed by atoms with Crippen LogP contribution < -0.4 is 16.2 Å². The molecular formula is C23H39N7O2S. The molecule has 2 aromatic rings. The highest BCUT2D eigenvalue weighted by Crippen LogP contribution is 2.27. The molecule has 1 fully saturated rings. The molecule has 1 aliphatic rings. The lowest BCUT2D eigenvalue weighted by molar-refractivity contribution is 0.134. The topological polar surface area (TPSA) is 128 Å². The number of methoxy groups -OCH3 is 1. The van der Waals surface area contributed by atoms with E-state index in [0.29, 0.717) is 23.2 Å². The fraction of sp³-hybridized carbons (Fsp3) is 0.565. The van der Waals surface area contributed by atoms with Gasteiger partial charge in [-0.1, -0.05) is 30.0 Å². The van der Waals surface area contributed by atoms with Crippen LogP contribution in [0.1, 0.15) is 17.5 Å². The first kappa shape index (κ1) is 27.1. The van der Waals surface area contributed by atoms with E-state index in [0.717, 1.165) is 61.9 Å². The van der Waals surface area contributed by atoms with Crippen LogP contribution in [0, 0.1) is 0 Å². The monoisotopic (exact) mass is 477 g/mol. The average molecular weight is 478 g/mol. The van der Waals surface area contributed by atoms with Crippen LogP contribution in [0.15, 0.2) is 29.4 Å². The van der Waals surface area contributed by atoms with Gasteiger partial charge in [-0.25, -0.2) is 9.97 Å². The van der Waals surface area contributed by atoms with Gasteiger partial charge in [0.1, 0.15) is 17.4 Å². The fourth-order valence-corrected chi connectivity index (χ4v) is 4.75. The molecular weight excluding hydrogens is 438 g/mol. The van der Waals surface area contributed by atoms with E-state index in [1.807, 2.05) is 24.3 Å². The van der Waals surface area contributed by atoms with Crippen molar-refractivity contribution < 1.29 is 10.2 Å². The van der Waals surface area contributed by atoms with Gasteiger partial charge in [-0.3, -0.25) is 4.90 Å². The van der Waals surface area contributed by atoms with Crippen molar-refractivity contribution in [2.45, 2.75) is 18.0 Å². The number of nitrogens with zero attached hydrogens (tertiary/aromatic N) is 5. The quantitative estimate of drug-likeness (QED) is 0.361. The Kier molecular flexibility index (Phi) is 11.2. The zero-order valence-electron chi connectivity index (χ0n) is 20.1. The van der Waals surface area contributed by atoms with Crippen molar-refractivity contribution >= 4 is 23.4 Å². The number of piperazine rings is 1. The lowest BCUT2D eigenvalue weighted by Crippen LogP contribution is -2.47. The molecule has 0 aliphatic carbocycles. The van der Waals surface area contributed by atoms with Crippen LogP contribution in [0.3, 0.4) is 0 Å². The average Bonchev–Trinajstić information content (AvgIpc) is 2.77. The molecule has 184 valence electrons. The maximum Gasteiger partial charge on any atom is 0.191 e. The third-order valence-corrected chi connectivity index (χ3v) is 6.62. The van der Waals surface area contributed by atoms with E-state index in [4.69, 9.17) is 16.2 Å². The molecule has 1 aromatic heterocycles. The molecule has 1 aliphatic heterocycles. The Hall–Kier alpha value is -2.11. The Labute approximate surface area is 201 Å².